The van der Waals surface area contributed by atoms with Crippen LogP contribution in [0.15, 0.2) is 17.5 Å². The average molecular weight is 231 g/mol. The third kappa shape index (κ3) is 1.90. The minimum absolute atomic E-state index is 0.0498. The number of aromatic nitrogens is 2. The first kappa shape index (κ1) is 9.12. The molecule has 2 rings (SSSR count). The molecule has 1 atom stereocenters. The van der Waals surface area contributed by atoms with Crippen LogP contribution in [0.3, 0.4) is 0 Å². The molecule has 2 aromatic rings. The molecule has 0 aliphatic rings. The molecule has 1 unspecified atom stereocenters. The summed E-state index contributed by atoms with van der Waals surface area (Å²) < 4.78 is 0. The Kier molecular flexibility index (Phi) is 2.62. The minimum atomic E-state index is -0.0498. The third-order valence-electron chi connectivity index (χ3n) is 1.51. The molecule has 0 aliphatic carbocycles. The lowest BCUT2D eigenvalue weighted by Crippen LogP contribution is -1.80. The van der Waals surface area contributed by atoms with Gasteiger partial charge in [-0.15, -0.1) is 33.1 Å². The second-order valence-corrected chi connectivity index (χ2v) is 5.15. The van der Waals surface area contributed by atoms with Gasteiger partial charge in [-0.25, -0.2) is 0 Å². The van der Waals surface area contributed by atoms with E-state index in [0.29, 0.717) is 0 Å². The van der Waals surface area contributed by atoms with E-state index < -0.39 is 0 Å². The summed E-state index contributed by atoms with van der Waals surface area (Å²) in [5.41, 5.74) is 0. The molecule has 2 heterocycles. The van der Waals surface area contributed by atoms with Gasteiger partial charge in [0.05, 0.1) is 10.3 Å². The van der Waals surface area contributed by atoms with Gasteiger partial charge in [-0.3, -0.25) is 0 Å². The van der Waals surface area contributed by atoms with Gasteiger partial charge in [0.15, 0.2) is 5.01 Å². The van der Waals surface area contributed by atoms with Crippen molar-refractivity contribution in [2.24, 2.45) is 0 Å². The Morgan fingerprint density at radius 3 is 2.85 bits per heavy atom. The summed E-state index contributed by atoms with van der Waals surface area (Å²) in [5, 5.41) is 11.9. The fraction of sp³-hybridized carbons (Fsp3) is 0.250. The van der Waals surface area contributed by atoms with Crippen LogP contribution in [0.5, 0.6) is 0 Å². The van der Waals surface area contributed by atoms with Crippen molar-refractivity contribution in [3.63, 3.8) is 0 Å². The lowest BCUT2D eigenvalue weighted by Gasteiger charge is -1.90. The van der Waals surface area contributed by atoms with E-state index in [9.17, 15) is 0 Å². The van der Waals surface area contributed by atoms with E-state index in [-0.39, 0.29) is 5.38 Å². The van der Waals surface area contributed by atoms with E-state index >= 15 is 0 Å². The highest BCUT2D eigenvalue weighted by atomic mass is 35.5. The molecule has 2 nitrogen and oxygen atoms in total. The fourth-order valence-corrected chi connectivity index (χ4v) is 2.64. The van der Waals surface area contributed by atoms with Gasteiger partial charge in [-0.05, 0) is 18.4 Å². The molecule has 0 radical (unpaired) electrons. The van der Waals surface area contributed by atoms with Crippen LogP contribution in [0.4, 0.5) is 0 Å². The van der Waals surface area contributed by atoms with Gasteiger partial charge in [0, 0.05) is 0 Å². The van der Waals surface area contributed by atoms with Crippen LogP contribution in [0.25, 0.3) is 9.88 Å². The molecule has 0 aromatic carbocycles. The largest absolute Gasteiger partial charge is 0.157 e. The smallest absolute Gasteiger partial charge is 0.142 e. The molecule has 0 saturated heterocycles. The van der Waals surface area contributed by atoms with Crippen molar-refractivity contribution in [2.75, 3.05) is 0 Å². The Morgan fingerprint density at radius 1 is 1.46 bits per heavy atom. The zero-order valence-electron chi connectivity index (χ0n) is 6.90. The quantitative estimate of drug-likeness (QED) is 0.738. The van der Waals surface area contributed by atoms with E-state index in [0.717, 1.165) is 14.9 Å². The van der Waals surface area contributed by atoms with Gasteiger partial charge < -0.3 is 0 Å². The maximum atomic E-state index is 5.89. The molecule has 0 amide bonds. The van der Waals surface area contributed by atoms with Gasteiger partial charge in [0.1, 0.15) is 5.01 Å². The van der Waals surface area contributed by atoms with Crippen LogP contribution in [0, 0.1) is 0 Å². The van der Waals surface area contributed by atoms with Crippen molar-refractivity contribution < 1.29 is 0 Å². The number of hydrogen-bond acceptors (Lipinski definition) is 4. The molecule has 0 spiro atoms. The molecular formula is C8H7ClN2S2. The zero-order valence-corrected chi connectivity index (χ0v) is 9.29. The maximum absolute atomic E-state index is 5.89. The molecule has 0 bridgehead atoms. The van der Waals surface area contributed by atoms with Gasteiger partial charge in [-0.1, -0.05) is 17.4 Å². The molecule has 0 aliphatic heterocycles. The Hall–Kier alpha value is -0.450. The van der Waals surface area contributed by atoms with Crippen LogP contribution >= 0.6 is 34.3 Å². The SMILES string of the molecule is CC(Cl)c1nnc(-c2cccs2)s1. The number of thiophene rings is 1. The second-order valence-electron chi connectivity index (χ2n) is 2.54. The number of nitrogens with zero attached hydrogens (tertiary/aromatic N) is 2. The molecule has 0 N–H and O–H groups in total. The summed E-state index contributed by atoms with van der Waals surface area (Å²) in [6.07, 6.45) is 0. The lowest BCUT2D eigenvalue weighted by atomic mass is 10.5. The molecule has 5 heteroatoms. The van der Waals surface area contributed by atoms with E-state index in [2.05, 4.69) is 10.2 Å². The Balaban J connectivity index is 2.33. The number of hydrogen-bond donors (Lipinski definition) is 0. The van der Waals surface area contributed by atoms with E-state index in [1.54, 1.807) is 22.7 Å². The first-order chi connectivity index (χ1) is 6.27. The highest BCUT2D eigenvalue weighted by Crippen LogP contribution is 2.31. The standard InChI is InChI=1S/C8H7ClN2S2/c1-5(9)7-10-11-8(13-7)6-3-2-4-12-6/h2-5H,1H3. The Bertz CT molecular complexity index is 381. The Labute approximate surface area is 89.2 Å². The van der Waals surface area contributed by atoms with Crippen LogP contribution < -0.4 is 0 Å². The molecule has 0 saturated carbocycles. The molecule has 2 aromatic heterocycles. The van der Waals surface area contributed by atoms with Crippen LogP contribution in [0.2, 0.25) is 0 Å². The topological polar surface area (TPSA) is 25.8 Å². The van der Waals surface area contributed by atoms with E-state index in [4.69, 9.17) is 11.6 Å². The Morgan fingerprint density at radius 2 is 2.31 bits per heavy atom. The van der Waals surface area contributed by atoms with Gasteiger partial charge >= 0.3 is 0 Å². The van der Waals surface area contributed by atoms with Crippen LogP contribution in [-0.4, -0.2) is 10.2 Å². The number of alkyl halides is 1. The van der Waals surface area contributed by atoms with Crippen molar-refractivity contribution in [1.29, 1.82) is 0 Å². The minimum Gasteiger partial charge on any atom is -0.142 e. The van der Waals surface area contributed by atoms with Crippen LogP contribution in [-0.2, 0) is 0 Å². The van der Waals surface area contributed by atoms with Crippen molar-refractivity contribution in [2.45, 2.75) is 12.3 Å². The molecule has 68 valence electrons. The molecule has 0 fully saturated rings. The summed E-state index contributed by atoms with van der Waals surface area (Å²) in [7, 11) is 0. The fourth-order valence-electron chi connectivity index (χ4n) is 0.895. The third-order valence-corrected chi connectivity index (χ3v) is 3.99. The van der Waals surface area contributed by atoms with E-state index in [1.165, 1.54) is 0 Å². The van der Waals surface area contributed by atoms with Gasteiger partial charge in [0.2, 0.25) is 0 Å². The average Bonchev–Trinajstić information content (AvgIpc) is 2.75. The predicted molar refractivity (Wildman–Crippen MR) is 57.5 cm³/mol. The summed E-state index contributed by atoms with van der Waals surface area (Å²) in [4.78, 5) is 1.15. The first-order valence-corrected chi connectivity index (χ1v) is 5.92. The lowest BCUT2D eigenvalue weighted by molar-refractivity contribution is 0.963. The zero-order chi connectivity index (χ0) is 9.26. The normalized spacial score (nSPS) is 13.1. The maximum Gasteiger partial charge on any atom is 0.157 e. The van der Waals surface area contributed by atoms with Gasteiger partial charge in [-0.2, -0.15) is 0 Å². The van der Waals surface area contributed by atoms with Gasteiger partial charge in [0.25, 0.3) is 0 Å². The van der Waals surface area contributed by atoms with Crippen molar-refractivity contribution in [3.8, 4) is 9.88 Å². The number of halogens is 1. The van der Waals surface area contributed by atoms with Crippen molar-refractivity contribution >= 4 is 34.3 Å². The van der Waals surface area contributed by atoms with E-state index in [1.807, 2.05) is 24.4 Å². The summed E-state index contributed by atoms with van der Waals surface area (Å²) in [6.45, 7) is 1.90. The predicted octanol–water partition coefficient (Wildman–Crippen LogP) is 3.57. The summed E-state index contributed by atoms with van der Waals surface area (Å²) in [5.74, 6) is 0. The van der Waals surface area contributed by atoms with Crippen molar-refractivity contribution in [1.82, 2.24) is 10.2 Å². The second kappa shape index (κ2) is 3.74. The molecular weight excluding hydrogens is 224 g/mol. The highest BCUT2D eigenvalue weighted by molar-refractivity contribution is 7.20. The highest BCUT2D eigenvalue weighted by Gasteiger charge is 2.10. The number of rotatable bonds is 2. The van der Waals surface area contributed by atoms with Crippen LogP contribution in [0.1, 0.15) is 17.3 Å². The summed E-state index contributed by atoms with van der Waals surface area (Å²) >= 11 is 9.11. The summed E-state index contributed by atoms with van der Waals surface area (Å²) in [6, 6.07) is 4.04. The first-order valence-electron chi connectivity index (χ1n) is 3.78. The van der Waals surface area contributed by atoms with Crippen molar-refractivity contribution in [3.05, 3.63) is 22.5 Å². The monoisotopic (exact) mass is 230 g/mol. The molecule has 13 heavy (non-hydrogen) atoms.